The van der Waals surface area contributed by atoms with E-state index in [1.807, 2.05) is 6.07 Å². The molecule has 0 aliphatic carbocycles. The number of hydrogen-bond donors (Lipinski definition) is 2. The summed E-state index contributed by atoms with van der Waals surface area (Å²) in [5.74, 6) is 0.125. The molecule has 0 amide bonds. The van der Waals surface area contributed by atoms with Crippen molar-refractivity contribution in [2.24, 2.45) is 5.10 Å². The predicted octanol–water partition coefficient (Wildman–Crippen LogP) is 3.50. The standard InChI is InChI=1S/C16H15ClN2O4/c1-22-14-6-3-10(7-15(14)23-2)9-18-19-11-4-5-13(17)12(8-11)16(20)21/h3-9,19H,1-2H3,(H,20,21)/b18-9+. The van der Waals surface area contributed by atoms with Crippen LogP contribution in [0.4, 0.5) is 5.69 Å². The van der Waals surface area contributed by atoms with Gasteiger partial charge in [0, 0.05) is 0 Å². The number of carbonyl (C=O) groups is 1. The fourth-order valence-corrected chi connectivity index (χ4v) is 2.07. The summed E-state index contributed by atoms with van der Waals surface area (Å²) in [5.41, 5.74) is 4.08. The van der Waals surface area contributed by atoms with E-state index >= 15 is 0 Å². The van der Waals surface area contributed by atoms with Crippen molar-refractivity contribution in [2.75, 3.05) is 19.6 Å². The van der Waals surface area contributed by atoms with Crippen molar-refractivity contribution in [1.29, 1.82) is 0 Å². The third-order valence-corrected chi connectivity index (χ3v) is 3.34. The molecule has 0 bridgehead atoms. The van der Waals surface area contributed by atoms with Gasteiger partial charge in [-0.15, -0.1) is 0 Å². The molecule has 0 saturated carbocycles. The van der Waals surface area contributed by atoms with Gasteiger partial charge in [0.1, 0.15) is 0 Å². The Kier molecular flexibility index (Phi) is 5.43. The molecule has 2 rings (SSSR count). The number of nitrogens with one attached hydrogen (secondary N) is 1. The van der Waals surface area contributed by atoms with E-state index in [1.165, 1.54) is 12.1 Å². The second-order valence-corrected chi connectivity index (χ2v) is 4.89. The smallest absolute Gasteiger partial charge is 0.337 e. The van der Waals surface area contributed by atoms with Crippen LogP contribution in [0.2, 0.25) is 5.02 Å². The molecule has 0 spiro atoms. The van der Waals surface area contributed by atoms with E-state index in [4.69, 9.17) is 26.2 Å². The van der Waals surface area contributed by atoms with Crippen LogP contribution >= 0.6 is 11.6 Å². The second-order valence-electron chi connectivity index (χ2n) is 4.48. The molecule has 0 saturated heterocycles. The first kappa shape index (κ1) is 16.6. The fraction of sp³-hybridized carbons (Fsp3) is 0.125. The van der Waals surface area contributed by atoms with Crippen LogP contribution in [0.5, 0.6) is 11.5 Å². The number of methoxy groups -OCH3 is 2. The van der Waals surface area contributed by atoms with Crippen LogP contribution in [0.15, 0.2) is 41.5 Å². The molecule has 2 aromatic rings. The Labute approximate surface area is 138 Å². The molecule has 23 heavy (non-hydrogen) atoms. The lowest BCUT2D eigenvalue weighted by atomic mass is 10.2. The van der Waals surface area contributed by atoms with Gasteiger partial charge in [-0.3, -0.25) is 5.43 Å². The van der Waals surface area contributed by atoms with Crippen molar-refractivity contribution in [3.63, 3.8) is 0 Å². The van der Waals surface area contributed by atoms with Gasteiger partial charge >= 0.3 is 5.97 Å². The van der Waals surface area contributed by atoms with E-state index in [9.17, 15) is 4.79 Å². The molecular formula is C16H15ClN2O4. The number of halogens is 1. The van der Waals surface area contributed by atoms with Gasteiger partial charge in [-0.1, -0.05) is 11.6 Å². The Morgan fingerprint density at radius 2 is 1.91 bits per heavy atom. The zero-order valence-electron chi connectivity index (χ0n) is 12.5. The molecule has 0 radical (unpaired) electrons. The number of carboxylic acid groups (broad SMARTS) is 1. The van der Waals surface area contributed by atoms with Crippen molar-refractivity contribution >= 4 is 29.5 Å². The Morgan fingerprint density at radius 3 is 2.57 bits per heavy atom. The van der Waals surface area contributed by atoms with Gasteiger partial charge in [0.25, 0.3) is 0 Å². The largest absolute Gasteiger partial charge is 0.493 e. The minimum atomic E-state index is -1.09. The van der Waals surface area contributed by atoms with Gasteiger partial charge in [-0.2, -0.15) is 5.10 Å². The van der Waals surface area contributed by atoms with Gasteiger partial charge < -0.3 is 14.6 Å². The Bertz CT molecular complexity index is 747. The number of benzene rings is 2. The molecule has 0 aliphatic heterocycles. The molecule has 2 aromatic carbocycles. The summed E-state index contributed by atoms with van der Waals surface area (Å²) in [6.07, 6.45) is 1.58. The maximum atomic E-state index is 11.0. The van der Waals surface area contributed by atoms with Crippen LogP contribution in [-0.4, -0.2) is 31.5 Å². The summed E-state index contributed by atoms with van der Waals surface area (Å²) in [4.78, 5) is 11.0. The van der Waals surface area contributed by atoms with Crippen LogP contribution in [0.3, 0.4) is 0 Å². The van der Waals surface area contributed by atoms with Crippen LogP contribution in [0, 0.1) is 0 Å². The highest BCUT2D eigenvalue weighted by Crippen LogP contribution is 2.27. The molecule has 0 atom stereocenters. The molecule has 2 N–H and O–H groups in total. The first-order valence-electron chi connectivity index (χ1n) is 6.59. The summed E-state index contributed by atoms with van der Waals surface area (Å²) in [6.45, 7) is 0. The number of hydrogen-bond acceptors (Lipinski definition) is 5. The summed E-state index contributed by atoms with van der Waals surface area (Å²) < 4.78 is 10.4. The lowest BCUT2D eigenvalue weighted by Gasteiger charge is -2.07. The predicted molar refractivity (Wildman–Crippen MR) is 89.2 cm³/mol. The van der Waals surface area contributed by atoms with Gasteiger partial charge in [0.15, 0.2) is 11.5 Å². The van der Waals surface area contributed by atoms with Crippen LogP contribution < -0.4 is 14.9 Å². The van der Waals surface area contributed by atoms with E-state index in [1.54, 1.807) is 38.6 Å². The Balaban J connectivity index is 2.13. The normalized spacial score (nSPS) is 10.6. The Morgan fingerprint density at radius 1 is 1.17 bits per heavy atom. The molecule has 7 heteroatoms. The fourth-order valence-electron chi connectivity index (χ4n) is 1.87. The Hall–Kier alpha value is -2.73. The van der Waals surface area contributed by atoms with Gasteiger partial charge in [-0.05, 0) is 42.0 Å². The molecule has 0 heterocycles. The number of aromatic carboxylic acids is 1. The minimum absolute atomic E-state index is 0.0120. The van der Waals surface area contributed by atoms with Crippen LogP contribution in [0.1, 0.15) is 15.9 Å². The third kappa shape index (κ3) is 4.14. The summed E-state index contributed by atoms with van der Waals surface area (Å²) in [6, 6.07) is 9.91. The average Bonchev–Trinajstić information content (AvgIpc) is 2.55. The minimum Gasteiger partial charge on any atom is -0.493 e. The average molecular weight is 335 g/mol. The van der Waals surface area contributed by atoms with E-state index in [-0.39, 0.29) is 10.6 Å². The van der Waals surface area contributed by atoms with Crippen LogP contribution in [-0.2, 0) is 0 Å². The van der Waals surface area contributed by atoms with Crippen molar-refractivity contribution in [1.82, 2.24) is 0 Å². The van der Waals surface area contributed by atoms with Gasteiger partial charge in [0.2, 0.25) is 0 Å². The van der Waals surface area contributed by atoms with E-state index in [2.05, 4.69) is 10.5 Å². The molecule has 0 aliphatic rings. The molecule has 0 aromatic heterocycles. The summed E-state index contributed by atoms with van der Waals surface area (Å²) in [7, 11) is 3.12. The van der Waals surface area contributed by atoms with Crippen molar-refractivity contribution in [2.45, 2.75) is 0 Å². The second kappa shape index (κ2) is 7.51. The molecule has 0 fully saturated rings. The molecule has 6 nitrogen and oxygen atoms in total. The number of nitrogens with zero attached hydrogens (tertiary/aromatic N) is 1. The lowest BCUT2D eigenvalue weighted by Crippen LogP contribution is -1.99. The van der Waals surface area contributed by atoms with Crippen LogP contribution in [0.25, 0.3) is 0 Å². The summed E-state index contributed by atoms with van der Waals surface area (Å²) >= 11 is 5.81. The lowest BCUT2D eigenvalue weighted by molar-refractivity contribution is 0.0697. The quantitative estimate of drug-likeness (QED) is 0.624. The van der Waals surface area contributed by atoms with E-state index in [0.717, 1.165) is 5.56 Å². The SMILES string of the molecule is COc1ccc(/C=N/Nc2ccc(Cl)c(C(=O)O)c2)cc1OC. The number of ether oxygens (including phenoxy) is 2. The highest BCUT2D eigenvalue weighted by atomic mass is 35.5. The van der Waals surface area contributed by atoms with E-state index < -0.39 is 5.97 Å². The number of carboxylic acids is 1. The van der Waals surface area contributed by atoms with E-state index in [0.29, 0.717) is 17.2 Å². The highest BCUT2D eigenvalue weighted by Gasteiger charge is 2.09. The third-order valence-electron chi connectivity index (χ3n) is 3.01. The first-order chi connectivity index (χ1) is 11.0. The molecule has 120 valence electrons. The maximum absolute atomic E-state index is 11.0. The van der Waals surface area contributed by atoms with Gasteiger partial charge in [0.05, 0.1) is 36.7 Å². The number of rotatable bonds is 6. The topological polar surface area (TPSA) is 80.2 Å². The number of hydrazone groups is 1. The van der Waals surface area contributed by atoms with Crippen molar-refractivity contribution < 1.29 is 19.4 Å². The number of anilines is 1. The van der Waals surface area contributed by atoms with Gasteiger partial charge in [-0.25, -0.2) is 4.79 Å². The first-order valence-corrected chi connectivity index (χ1v) is 6.97. The zero-order chi connectivity index (χ0) is 16.8. The maximum Gasteiger partial charge on any atom is 0.337 e. The summed E-state index contributed by atoms with van der Waals surface area (Å²) in [5, 5.41) is 13.3. The van der Waals surface area contributed by atoms with Crippen molar-refractivity contribution in [3.8, 4) is 11.5 Å². The zero-order valence-corrected chi connectivity index (χ0v) is 13.3. The highest BCUT2D eigenvalue weighted by molar-refractivity contribution is 6.33. The van der Waals surface area contributed by atoms with Crippen molar-refractivity contribution in [3.05, 3.63) is 52.5 Å². The monoisotopic (exact) mass is 334 g/mol. The molecular weight excluding hydrogens is 320 g/mol. The molecule has 0 unspecified atom stereocenters.